The standard InChI is InChI=1S/C11H14FNO.ClH/c12-9-3-5-10(6-4-9)14-11-2-1-7-13-8-11;/h3-6,11,13H,1-2,7-8H2;1H. The second-order valence-corrected chi connectivity index (χ2v) is 3.54. The molecule has 1 fully saturated rings. The molecule has 1 saturated heterocycles. The molecule has 1 aromatic rings. The quantitative estimate of drug-likeness (QED) is 0.844. The summed E-state index contributed by atoms with van der Waals surface area (Å²) >= 11 is 0. The topological polar surface area (TPSA) is 21.3 Å². The summed E-state index contributed by atoms with van der Waals surface area (Å²) in [5, 5.41) is 3.27. The number of nitrogens with one attached hydrogen (secondary N) is 1. The highest BCUT2D eigenvalue weighted by Gasteiger charge is 2.13. The van der Waals surface area contributed by atoms with E-state index in [1.165, 1.54) is 12.1 Å². The lowest BCUT2D eigenvalue weighted by Gasteiger charge is -2.23. The van der Waals surface area contributed by atoms with Crippen molar-refractivity contribution in [2.45, 2.75) is 18.9 Å². The van der Waals surface area contributed by atoms with Crippen LogP contribution >= 0.6 is 12.4 Å². The first-order valence-corrected chi connectivity index (χ1v) is 4.97. The van der Waals surface area contributed by atoms with Crippen LogP contribution in [0.15, 0.2) is 24.3 Å². The smallest absolute Gasteiger partial charge is 0.123 e. The number of hydrogen-bond donors (Lipinski definition) is 1. The van der Waals surface area contributed by atoms with E-state index in [2.05, 4.69) is 5.32 Å². The number of hydrogen-bond acceptors (Lipinski definition) is 2. The number of benzene rings is 1. The zero-order valence-corrected chi connectivity index (χ0v) is 9.23. The van der Waals surface area contributed by atoms with Crippen molar-refractivity contribution in [2.75, 3.05) is 13.1 Å². The average molecular weight is 232 g/mol. The molecule has 0 amide bonds. The van der Waals surface area contributed by atoms with Gasteiger partial charge in [0.25, 0.3) is 0 Å². The van der Waals surface area contributed by atoms with Crippen LogP contribution in [0.25, 0.3) is 0 Å². The van der Waals surface area contributed by atoms with Crippen LogP contribution < -0.4 is 10.1 Å². The van der Waals surface area contributed by atoms with E-state index in [-0.39, 0.29) is 24.3 Å². The lowest BCUT2D eigenvalue weighted by molar-refractivity contribution is 0.167. The molecule has 1 N–H and O–H groups in total. The average Bonchev–Trinajstić information content (AvgIpc) is 2.23. The van der Waals surface area contributed by atoms with Gasteiger partial charge < -0.3 is 10.1 Å². The molecule has 0 radical (unpaired) electrons. The molecule has 1 aromatic carbocycles. The molecule has 2 rings (SSSR count). The second-order valence-electron chi connectivity index (χ2n) is 3.54. The molecule has 1 unspecified atom stereocenters. The van der Waals surface area contributed by atoms with Gasteiger partial charge in [0, 0.05) is 6.54 Å². The van der Waals surface area contributed by atoms with Crippen molar-refractivity contribution in [3.05, 3.63) is 30.1 Å². The van der Waals surface area contributed by atoms with Gasteiger partial charge in [0.05, 0.1) is 0 Å². The Labute approximate surface area is 95.2 Å². The van der Waals surface area contributed by atoms with E-state index in [9.17, 15) is 4.39 Å². The largest absolute Gasteiger partial charge is 0.489 e. The van der Waals surface area contributed by atoms with Crippen molar-refractivity contribution < 1.29 is 9.13 Å². The summed E-state index contributed by atoms with van der Waals surface area (Å²) in [6.07, 6.45) is 2.45. The van der Waals surface area contributed by atoms with E-state index in [0.29, 0.717) is 0 Å². The summed E-state index contributed by atoms with van der Waals surface area (Å²) in [5.74, 6) is 0.527. The van der Waals surface area contributed by atoms with Gasteiger partial charge in [-0.15, -0.1) is 12.4 Å². The molecule has 4 heteroatoms. The second kappa shape index (κ2) is 5.93. The molecule has 2 nitrogen and oxygen atoms in total. The number of rotatable bonds is 2. The van der Waals surface area contributed by atoms with Crippen molar-refractivity contribution >= 4 is 12.4 Å². The molecule has 1 aliphatic heterocycles. The predicted molar refractivity (Wildman–Crippen MR) is 60.2 cm³/mol. The molecule has 0 aromatic heterocycles. The maximum absolute atomic E-state index is 12.6. The van der Waals surface area contributed by atoms with Crippen LogP contribution in [0, 0.1) is 5.82 Å². The molecular weight excluding hydrogens is 217 g/mol. The number of ether oxygens (including phenoxy) is 1. The third-order valence-electron chi connectivity index (χ3n) is 2.37. The maximum Gasteiger partial charge on any atom is 0.123 e. The van der Waals surface area contributed by atoms with Gasteiger partial charge >= 0.3 is 0 Å². The fourth-order valence-electron chi connectivity index (χ4n) is 1.63. The van der Waals surface area contributed by atoms with E-state index in [1.807, 2.05) is 0 Å². The molecule has 84 valence electrons. The lowest BCUT2D eigenvalue weighted by Crippen LogP contribution is -2.37. The highest BCUT2D eigenvalue weighted by Crippen LogP contribution is 2.15. The summed E-state index contributed by atoms with van der Waals surface area (Å²) in [6.45, 7) is 1.96. The van der Waals surface area contributed by atoms with Crippen LogP contribution in [0.4, 0.5) is 4.39 Å². The first kappa shape index (κ1) is 12.3. The first-order chi connectivity index (χ1) is 6.84. The minimum absolute atomic E-state index is 0. The van der Waals surface area contributed by atoms with Gasteiger partial charge in [-0.25, -0.2) is 4.39 Å². The van der Waals surface area contributed by atoms with E-state index < -0.39 is 0 Å². The fourth-order valence-corrected chi connectivity index (χ4v) is 1.63. The van der Waals surface area contributed by atoms with E-state index in [4.69, 9.17) is 4.74 Å². The zero-order chi connectivity index (χ0) is 9.80. The van der Waals surface area contributed by atoms with Crippen molar-refractivity contribution in [3.8, 4) is 5.75 Å². The summed E-state index contributed by atoms with van der Waals surface area (Å²) in [4.78, 5) is 0. The van der Waals surface area contributed by atoms with Crippen LogP contribution in [-0.2, 0) is 0 Å². The predicted octanol–water partition coefficient (Wildman–Crippen LogP) is 2.38. The van der Waals surface area contributed by atoms with Crippen molar-refractivity contribution in [1.82, 2.24) is 5.32 Å². The lowest BCUT2D eigenvalue weighted by atomic mass is 10.1. The summed E-state index contributed by atoms with van der Waals surface area (Å²) < 4.78 is 18.3. The zero-order valence-electron chi connectivity index (χ0n) is 8.41. The SMILES string of the molecule is Cl.Fc1ccc(OC2CCCNC2)cc1. The highest BCUT2D eigenvalue weighted by atomic mass is 35.5. The van der Waals surface area contributed by atoms with Crippen LogP contribution in [0.3, 0.4) is 0 Å². The Hall–Kier alpha value is -0.800. The monoisotopic (exact) mass is 231 g/mol. The number of halogens is 2. The van der Waals surface area contributed by atoms with Crippen LogP contribution in [0.2, 0.25) is 0 Å². The highest BCUT2D eigenvalue weighted by molar-refractivity contribution is 5.85. The summed E-state index contributed by atoms with van der Waals surface area (Å²) in [5.41, 5.74) is 0. The molecule has 15 heavy (non-hydrogen) atoms. The summed E-state index contributed by atoms with van der Waals surface area (Å²) in [6, 6.07) is 6.19. The van der Waals surface area contributed by atoms with E-state index in [0.717, 1.165) is 31.7 Å². The van der Waals surface area contributed by atoms with Crippen LogP contribution in [0.5, 0.6) is 5.75 Å². The molecule has 1 aliphatic rings. The fraction of sp³-hybridized carbons (Fsp3) is 0.455. The maximum atomic E-state index is 12.6. The van der Waals surface area contributed by atoms with Gasteiger partial charge in [0.1, 0.15) is 17.7 Å². The van der Waals surface area contributed by atoms with Gasteiger partial charge in [-0.2, -0.15) is 0 Å². The minimum atomic E-state index is -0.223. The molecule has 1 heterocycles. The molecular formula is C11H15ClFNO. The Morgan fingerprint density at radius 3 is 2.60 bits per heavy atom. The molecule has 0 saturated carbocycles. The molecule has 0 aliphatic carbocycles. The Morgan fingerprint density at radius 1 is 1.27 bits per heavy atom. The van der Waals surface area contributed by atoms with Gasteiger partial charge in [0.15, 0.2) is 0 Å². The van der Waals surface area contributed by atoms with Crippen LogP contribution in [0.1, 0.15) is 12.8 Å². The van der Waals surface area contributed by atoms with Crippen molar-refractivity contribution in [2.24, 2.45) is 0 Å². The van der Waals surface area contributed by atoms with E-state index in [1.54, 1.807) is 12.1 Å². The van der Waals surface area contributed by atoms with E-state index >= 15 is 0 Å². The number of piperidine rings is 1. The molecule has 0 spiro atoms. The van der Waals surface area contributed by atoms with Gasteiger partial charge in [-0.1, -0.05) is 0 Å². The van der Waals surface area contributed by atoms with Gasteiger partial charge in [-0.05, 0) is 43.7 Å². The van der Waals surface area contributed by atoms with Gasteiger partial charge in [0.2, 0.25) is 0 Å². The Bertz CT molecular complexity index is 285. The van der Waals surface area contributed by atoms with Crippen LogP contribution in [-0.4, -0.2) is 19.2 Å². The minimum Gasteiger partial charge on any atom is -0.489 e. The Kier molecular flexibility index (Phi) is 4.85. The Morgan fingerprint density at radius 2 is 2.00 bits per heavy atom. The first-order valence-electron chi connectivity index (χ1n) is 4.97. The third-order valence-corrected chi connectivity index (χ3v) is 2.37. The third kappa shape index (κ3) is 3.68. The molecule has 0 bridgehead atoms. The van der Waals surface area contributed by atoms with Crippen molar-refractivity contribution in [3.63, 3.8) is 0 Å². The van der Waals surface area contributed by atoms with Gasteiger partial charge in [-0.3, -0.25) is 0 Å². The molecule has 1 atom stereocenters. The Balaban J connectivity index is 0.00000112. The van der Waals surface area contributed by atoms with Crippen molar-refractivity contribution in [1.29, 1.82) is 0 Å². The summed E-state index contributed by atoms with van der Waals surface area (Å²) in [7, 11) is 0. The normalized spacial score (nSPS) is 20.5.